The lowest BCUT2D eigenvalue weighted by Gasteiger charge is -2.24. The fraction of sp³-hybridized carbons (Fsp3) is 0.462. The Morgan fingerprint density at radius 1 is 1.59 bits per heavy atom. The predicted octanol–water partition coefficient (Wildman–Crippen LogP) is 3.60. The molecule has 0 aliphatic carbocycles. The number of hydrogen-bond acceptors (Lipinski definition) is 1. The van der Waals surface area contributed by atoms with Crippen molar-refractivity contribution in [3.8, 4) is 0 Å². The van der Waals surface area contributed by atoms with Gasteiger partial charge in [0.15, 0.2) is 0 Å². The first-order valence-electron chi connectivity index (χ1n) is 5.90. The van der Waals surface area contributed by atoms with Crippen molar-refractivity contribution in [2.24, 2.45) is 0 Å². The maximum atomic E-state index is 13.4. The molecule has 1 fully saturated rings. The first-order valence-corrected chi connectivity index (χ1v) is 6.69. The lowest BCUT2D eigenvalue weighted by molar-refractivity contribution is 0.0732. The Morgan fingerprint density at radius 3 is 3.06 bits per heavy atom. The molecular weight excluding hydrogens is 285 g/mol. The van der Waals surface area contributed by atoms with Crippen LogP contribution >= 0.6 is 15.9 Å². The molecule has 1 aliphatic rings. The zero-order valence-corrected chi connectivity index (χ0v) is 11.3. The SMILES string of the molecule is CCC1CCCN1C(=O)c1cccc(F)c1Br. The van der Waals surface area contributed by atoms with Crippen molar-refractivity contribution in [1.29, 1.82) is 0 Å². The second kappa shape index (κ2) is 5.17. The van der Waals surface area contributed by atoms with Crippen LogP contribution in [0.2, 0.25) is 0 Å². The van der Waals surface area contributed by atoms with Crippen LogP contribution in [0, 0.1) is 5.82 Å². The molecule has 2 nitrogen and oxygen atoms in total. The van der Waals surface area contributed by atoms with Crippen LogP contribution in [0.5, 0.6) is 0 Å². The molecule has 1 aliphatic heterocycles. The van der Waals surface area contributed by atoms with Gasteiger partial charge in [-0.25, -0.2) is 4.39 Å². The van der Waals surface area contributed by atoms with Crippen molar-refractivity contribution in [3.05, 3.63) is 34.1 Å². The Balaban J connectivity index is 2.28. The Kier molecular flexibility index (Phi) is 3.82. The van der Waals surface area contributed by atoms with Crippen molar-refractivity contribution in [3.63, 3.8) is 0 Å². The number of carbonyl (C=O) groups is 1. The van der Waals surface area contributed by atoms with E-state index in [9.17, 15) is 9.18 Å². The predicted molar refractivity (Wildman–Crippen MR) is 68.4 cm³/mol. The molecule has 1 unspecified atom stereocenters. The van der Waals surface area contributed by atoms with Crippen LogP contribution in [0.3, 0.4) is 0 Å². The molecule has 0 aromatic heterocycles. The van der Waals surface area contributed by atoms with Gasteiger partial charge in [0.2, 0.25) is 0 Å². The van der Waals surface area contributed by atoms with Crippen LogP contribution in [0.25, 0.3) is 0 Å². The van der Waals surface area contributed by atoms with Crippen molar-refractivity contribution in [2.75, 3.05) is 6.54 Å². The van der Waals surface area contributed by atoms with Crippen LogP contribution < -0.4 is 0 Å². The fourth-order valence-electron chi connectivity index (χ4n) is 2.35. The summed E-state index contributed by atoms with van der Waals surface area (Å²) in [5, 5.41) is 0. The van der Waals surface area contributed by atoms with E-state index in [0.717, 1.165) is 25.8 Å². The van der Waals surface area contributed by atoms with E-state index >= 15 is 0 Å². The topological polar surface area (TPSA) is 20.3 Å². The number of benzene rings is 1. The van der Waals surface area contributed by atoms with Crippen LogP contribution in [0.1, 0.15) is 36.5 Å². The van der Waals surface area contributed by atoms with Gasteiger partial charge in [-0.1, -0.05) is 13.0 Å². The molecule has 0 bridgehead atoms. The summed E-state index contributed by atoms with van der Waals surface area (Å²) >= 11 is 3.15. The highest BCUT2D eigenvalue weighted by atomic mass is 79.9. The summed E-state index contributed by atoms with van der Waals surface area (Å²) in [7, 11) is 0. The molecular formula is C13H15BrFNO. The van der Waals surface area contributed by atoms with Gasteiger partial charge in [0.1, 0.15) is 5.82 Å². The lowest BCUT2D eigenvalue weighted by atomic mass is 10.1. The van der Waals surface area contributed by atoms with Crippen LogP contribution in [-0.2, 0) is 0 Å². The molecule has 2 rings (SSSR count). The first-order chi connectivity index (χ1) is 8.15. The number of likely N-dealkylation sites (tertiary alicyclic amines) is 1. The minimum atomic E-state index is -0.386. The van der Waals surface area contributed by atoms with Gasteiger partial charge in [0.25, 0.3) is 5.91 Å². The highest BCUT2D eigenvalue weighted by Gasteiger charge is 2.29. The summed E-state index contributed by atoms with van der Waals surface area (Å²) in [5.41, 5.74) is 0.422. The normalized spacial score (nSPS) is 19.7. The van der Waals surface area contributed by atoms with E-state index in [-0.39, 0.29) is 16.2 Å². The fourth-order valence-corrected chi connectivity index (χ4v) is 2.79. The number of carbonyl (C=O) groups excluding carboxylic acids is 1. The lowest BCUT2D eigenvalue weighted by Crippen LogP contribution is -2.35. The van der Waals surface area contributed by atoms with Crippen LogP contribution in [-0.4, -0.2) is 23.4 Å². The minimum absolute atomic E-state index is 0.0688. The van der Waals surface area contributed by atoms with Crippen LogP contribution in [0.4, 0.5) is 4.39 Å². The molecule has 0 spiro atoms. The Morgan fingerprint density at radius 2 is 2.35 bits per heavy atom. The highest BCUT2D eigenvalue weighted by Crippen LogP contribution is 2.26. The van der Waals surface area contributed by atoms with E-state index in [4.69, 9.17) is 0 Å². The van der Waals surface area contributed by atoms with Gasteiger partial charge in [0, 0.05) is 12.6 Å². The quantitative estimate of drug-likeness (QED) is 0.817. The number of nitrogens with zero attached hydrogens (tertiary/aromatic N) is 1. The average molecular weight is 300 g/mol. The summed E-state index contributed by atoms with van der Waals surface area (Å²) in [6.07, 6.45) is 3.05. The molecule has 0 saturated carbocycles. The third-order valence-electron chi connectivity index (χ3n) is 3.29. The van der Waals surface area contributed by atoms with Crippen molar-refractivity contribution >= 4 is 21.8 Å². The molecule has 1 atom stereocenters. The number of amides is 1. The molecule has 1 saturated heterocycles. The Bertz CT molecular complexity index is 435. The van der Waals surface area contributed by atoms with Gasteiger partial charge in [-0.3, -0.25) is 4.79 Å². The molecule has 0 N–H and O–H groups in total. The van der Waals surface area contributed by atoms with Crippen molar-refractivity contribution < 1.29 is 9.18 Å². The number of rotatable bonds is 2. The Hall–Kier alpha value is -0.900. The zero-order chi connectivity index (χ0) is 12.4. The molecule has 1 aromatic rings. The summed E-state index contributed by atoms with van der Waals surface area (Å²) < 4.78 is 13.7. The average Bonchev–Trinajstić information content (AvgIpc) is 2.80. The second-order valence-corrected chi connectivity index (χ2v) is 5.10. The van der Waals surface area contributed by atoms with E-state index in [1.807, 2.05) is 4.90 Å². The van der Waals surface area contributed by atoms with Crippen LogP contribution in [0.15, 0.2) is 22.7 Å². The largest absolute Gasteiger partial charge is 0.336 e. The van der Waals surface area contributed by atoms with Gasteiger partial charge in [-0.05, 0) is 47.3 Å². The summed E-state index contributed by atoms with van der Waals surface area (Å²) in [4.78, 5) is 14.2. The zero-order valence-electron chi connectivity index (χ0n) is 9.75. The third kappa shape index (κ3) is 2.37. The summed E-state index contributed by atoms with van der Waals surface area (Å²) in [6, 6.07) is 4.89. The van der Waals surface area contributed by atoms with E-state index in [1.165, 1.54) is 6.07 Å². The van der Waals surface area contributed by atoms with Gasteiger partial charge >= 0.3 is 0 Å². The third-order valence-corrected chi connectivity index (χ3v) is 4.10. The van der Waals surface area contributed by atoms with Crippen molar-refractivity contribution in [2.45, 2.75) is 32.2 Å². The second-order valence-electron chi connectivity index (χ2n) is 4.30. The van der Waals surface area contributed by atoms with E-state index in [0.29, 0.717) is 11.6 Å². The summed E-state index contributed by atoms with van der Waals surface area (Å²) in [5.74, 6) is -0.455. The molecule has 0 radical (unpaired) electrons. The van der Waals surface area contributed by atoms with Gasteiger partial charge in [0.05, 0.1) is 10.0 Å². The molecule has 17 heavy (non-hydrogen) atoms. The molecule has 92 valence electrons. The molecule has 1 heterocycles. The van der Waals surface area contributed by atoms with E-state index < -0.39 is 0 Å². The van der Waals surface area contributed by atoms with Gasteiger partial charge in [-0.15, -0.1) is 0 Å². The molecule has 1 amide bonds. The minimum Gasteiger partial charge on any atom is -0.336 e. The first kappa shape index (κ1) is 12.6. The maximum Gasteiger partial charge on any atom is 0.255 e. The summed E-state index contributed by atoms with van der Waals surface area (Å²) in [6.45, 7) is 2.86. The monoisotopic (exact) mass is 299 g/mol. The standard InChI is InChI=1S/C13H15BrFNO/c1-2-9-5-4-8-16(9)13(17)10-6-3-7-11(15)12(10)14/h3,6-7,9H,2,4-5,8H2,1H3. The number of halogens is 2. The molecule has 1 aromatic carbocycles. The van der Waals surface area contributed by atoms with Gasteiger partial charge in [-0.2, -0.15) is 0 Å². The smallest absolute Gasteiger partial charge is 0.255 e. The van der Waals surface area contributed by atoms with Gasteiger partial charge < -0.3 is 4.90 Å². The number of hydrogen-bond donors (Lipinski definition) is 0. The maximum absolute atomic E-state index is 13.4. The van der Waals surface area contributed by atoms with E-state index in [2.05, 4.69) is 22.9 Å². The van der Waals surface area contributed by atoms with E-state index in [1.54, 1.807) is 12.1 Å². The van der Waals surface area contributed by atoms with Crippen molar-refractivity contribution in [1.82, 2.24) is 4.90 Å². The Labute approximate surface area is 109 Å². The molecule has 4 heteroatoms. The highest BCUT2D eigenvalue weighted by molar-refractivity contribution is 9.10.